The second-order valence-electron chi connectivity index (χ2n) is 4.26. The number of carboxylic acid groups (broad SMARTS) is 1. The minimum absolute atomic E-state index is 0.198. The van der Waals surface area contributed by atoms with Gasteiger partial charge in [0.2, 0.25) is 0 Å². The van der Waals surface area contributed by atoms with Crippen LogP contribution in [-0.2, 0) is 17.8 Å². The number of phenols is 1. The average Bonchev–Trinajstić information content (AvgIpc) is 2.68. The van der Waals surface area contributed by atoms with Gasteiger partial charge in [0.25, 0.3) is 0 Å². The van der Waals surface area contributed by atoms with Crippen LogP contribution in [0.3, 0.4) is 0 Å². The highest BCUT2D eigenvalue weighted by molar-refractivity contribution is 5.90. The second kappa shape index (κ2) is 3.49. The molecule has 88 valence electrons. The van der Waals surface area contributed by atoms with Gasteiger partial charge in [0.05, 0.1) is 5.52 Å². The standard InChI is InChI=1S/C12H12N2O3/c15-10-3-1-2-6-7-4-8(12(16)17)13-5-9(7)14-11(6)10/h1-3,8,13-15H,4-5H2,(H,16,17). The molecule has 5 heteroatoms. The van der Waals surface area contributed by atoms with Crippen molar-refractivity contribution < 1.29 is 15.0 Å². The zero-order chi connectivity index (χ0) is 12.0. The summed E-state index contributed by atoms with van der Waals surface area (Å²) in [5, 5.41) is 22.6. The maximum atomic E-state index is 11.0. The third kappa shape index (κ3) is 1.47. The van der Waals surface area contributed by atoms with Crippen LogP contribution in [-0.4, -0.2) is 27.2 Å². The SMILES string of the molecule is O=C(O)C1Cc2c([nH]c3c(O)cccc23)CN1. The Kier molecular flexibility index (Phi) is 2.09. The van der Waals surface area contributed by atoms with E-state index < -0.39 is 12.0 Å². The highest BCUT2D eigenvalue weighted by atomic mass is 16.4. The highest BCUT2D eigenvalue weighted by Crippen LogP contribution is 2.31. The van der Waals surface area contributed by atoms with Gasteiger partial charge in [0, 0.05) is 24.0 Å². The van der Waals surface area contributed by atoms with E-state index in [2.05, 4.69) is 10.3 Å². The molecular weight excluding hydrogens is 220 g/mol. The molecule has 2 aromatic rings. The van der Waals surface area contributed by atoms with E-state index in [9.17, 15) is 9.90 Å². The maximum Gasteiger partial charge on any atom is 0.321 e. The number of carbonyl (C=O) groups is 1. The van der Waals surface area contributed by atoms with E-state index in [4.69, 9.17) is 5.11 Å². The van der Waals surface area contributed by atoms with Crippen molar-refractivity contribution >= 4 is 16.9 Å². The highest BCUT2D eigenvalue weighted by Gasteiger charge is 2.26. The van der Waals surface area contributed by atoms with Crippen LogP contribution >= 0.6 is 0 Å². The number of carboxylic acids is 1. The van der Waals surface area contributed by atoms with Crippen LogP contribution in [0.25, 0.3) is 10.9 Å². The molecule has 0 radical (unpaired) electrons. The molecule has 17 heavy (non-hydrogen) atoms. The molecule has 0 saturated carbocycles. The molecule has 4 N–H and O–H groups in total. The minimum atomic E-state index is -0.842. The van der Waals surface area contributed by atoms with Crippen molar-refractivity contribution in [3.63, 3.8) is 0 Å². The predicted octanol–water partition coefficient (Wildman–Crippen LogP) is 0.972. The van der Waals surface area contributed by atoms with Crippen LogP contribution < -0.4 is 5.32 Å². The first-order valence-corrected chi connectivity index (χ1v) is 5.44. The fraction of sp³-hybridized carbons (Fsp3) is 0.250. The third-order valence-corrected chi connectivity index (χ3v) is 3.24. The topological polar surface area (TPSA) is 85.3 Å². The molecular formula is C12H12N2O3. The lowest BCUT2D eigenvalue weighted by atomic mass is 9.98. The Morgan fingerprint density at radius 2 is 2.24 bits per heavy atom. The Hall–Kier alpha value is -2.01. The molecule has 5 nitrogen and oxygen atoms in total. The van der Waals surface area contributed by atoms with Gasteiger partial charge in [-0.1, -0.05) is 12.1 Å². The molecule has 1 unspecified atom stereocenters. The zero-order valence-electron chi connectivity index (χ0n) is 9.03. The number of rotatable bonds is 1. The fourth-order valence-corrected chi connectivity index (χ4v) is 2.37. The minimum Gasteiger partial charge on any atom is -0.506 e. The van der Waals surface area contributed by atoms with Gasteiger partial charge in [-0.15, -0.1) is 0 Å². The molecule has 2 heterocycles. The molecule has 0 bridgehead atoms. The molecule has 0 saturated heterocycles. The monoisotopic (exact) mass is 232 g/mol. The molecule has 0 aliphatic carbocycles. The van der Waals surface area contributed by atoms with E-state index in [-0.39, 0.29) is 5.75 Å². The van der Waals surface area contributed by atoms with Crippen LogP contribution in [0, 0.1) is 0 Å². The van der Waals surface area contributed by atoms with Crippen LogP contribution in [0.15, 0.2) is 18.2 Å². The Morgan fingerprint density at radius 1 is 1.41 bits per heavy atom. The van der Waals surface area contributed by atoms with Crippen molar-refractivity contribution in [2.45, 2.75) is 19.0 Å². The van der Waals surface area contributed by atoms with Crippen LogP contribution in [0.5, 0.6) is 5.75 Å². The number of fused-ring (bicyclic) bond motifs is 3. The summed E-state index contributed by atoms with van der Waals surface area (Å²) >= 11 is 0. The molecule has 0 amide bonds. The van der Waals surface area contributed by atoms with Gasteiger partial charge in [-0.25, -0.2) is 0 Å². The number of para-hydroxylation sites is 1. The first kappa shape index (κ1) is 10.2. The number of aromatic hydroxyl groups is 1. The number of hydrogen-bond donors (Lipinski definition) is 4. The Morgan fingerprint density at radius 3 is 3.00 bits per heavy atom. The Bertz CT molecular complexity index is 603. The van der Waals surface area contributed by atoms with Crippen LogP contribution in [0.4, 0.5) is 0 Å². The summed E-state index contributed by atoms with van der Waals surface area (Å²) in [6, 6.07) is 4.73. The van der Waals surface area contributed by atoms with E-state index in [1.165, 1.54) is 0 Å². The Labute approximate surface area is 97.1 Å². The molecule has 1 atom stereocenters. The normalized spacial score (nSPS) is 19.2. The van der Waals surface area contributed by atoms with Crippen molar-refractivity contribution in [1.82, 2.24) is 10.3 Å². The molecule has 0 fully saturated rings. The summed E-state index contributed by atoms with van der Waals surface area (Å²) in [7, 11) is 0. The summed E-state index contributed by atoms with van der Waals surface area (Å²) in [4.78, 5) is 14.1. The Balaban J connectivity index is 2.15. The summed E-state index contributed by atoms with van der Waals surface area (Å²) < 4.78 is 0. The lowest BCUT2D eigenvalue weighted by molar-refractivity contribution is -0.139. The van der Waals surface area contributed by atoms with E-state index in [1.54, 1.807) is 12.1 Å². The van der Waals surface area contributed by atoms with Gasteiger partial charge in [0.1, 0.15) is 11.8 Å². The first-order valence-electron chi connectivity index (χ1n) is 5.44. The van der Waals surface area contributed by atoms with Gasteiger partial charge < -0.3 is 15.2 Å². The summed E-state index contributed by atoms with van der Waals surface area (Å²) in [5.41, 5.74) is 2.63. The second-order valence-corrected chi connectivity index (χ2v) is 4.26. The number of nitrogens with one attached hydrogen (secondary N) is 2. The molecule has 1 aromatic heterocycles. The van der Waals surface area contributed by atoms with Crippen LogP contribution in [0.2, 0.25) is 0 Å². The molecule has 1 aromatic carbocycles. The summed E-state index contributed by atoms with van der Waals surface area (Å²) in [6.45, 7) is 0.487. The fourth-order valence-electron chi connectivity index (χ4n) is 2.37. The van der Waals surface area contributed by atoms with E-state index in [0.29, 0.717) is 18.5 Å². The van der Waals surface area contributed by atoms with Gasteiger partial charge in [-0.3, -0.25) is 10.1 Å². The number of hydrogen-bond acceptors (Lipinski definition) is 3. The van der Waals surface area contributed by atoms with Crippen molar-refractivity contribution in [2.24, 2.45) is 0 Å². The van der Waals surface area contributed by atoms with E-state index in [1.807, 2.05) is 6.07 Å². The van der Waals surface area contributed by atoms with Gasteiger partial charge in [-0.2, -0.15) is 0 Å². The molecule has 3 rings (SSSR count). The predicted molar refractivity (Wildman–Crippen MR) is 61.9 cm³/mol. The smallest absolute Gasteiger partial charge is 0.321 e. The molecule has 0 spiro atoms. The lowest BCUT2D eigenvalue weighted by Crippen LogP contribution is -2.41. The molecule has 1 aliphatic heterocycles. The number of aliphatic carboxylic acids is 1. The zero-order valence-corrected chi connectivity index (χ0v) is 9.03. The van der Waals surface area contributed by atoms with E-state index in [0.717, 1.165) is 16.6 Å². The van der Waals surface area contributed by atoms with Crippen LogP contribution in [0.1, 0.15) is 11.3 Å². The number of benzene rings is 1. The van der Waals surface area contributed by atoms with E-state index >= 15 is 0 Å². The van der Waals surface area contributed by atoms with Gasteiger partial charge >= 0.3 is 5.97 Å². The number of aromatic nitrogens is 1. The average molecular weight is 232 g/mol. The maximum absolute atomic E-state index is 11.0. The summed E-state index contributed by atoms with van der Waals surface area (Å²) in [6.07, 6.45) is 0.439. The number of aromatic amines is 1. The number of phenolic OH excluding ortho intramolecular Hbond substituents is 1. The van der Waals surface area contributed by atoms with Gasteiger partial charge in [0.15, 0.2) is 0 Å². The quantitative estimate of drug-likeness (QED) is 0.590. The van der Waals surface area contributed by atoms with Gasteiger partial charge in [-0.05, 0) is 11.6 Å². The molecule has 1 aliphatic rings. The third-order valence-electron chi connectivity index (χ3n) is 3.24. The van der Waals surface area contributed by atoms with Crippen molar-refractivity contribution in [3.8, 4) is 5.75 Å². The summed E-state index contributed by atoms with van der Waals surface area (Å²) in [5.74, 6) is -0.645. The van der Waals surface area contributed by atoms with Crippen molar-refractivity contribution in [2.75, 3.05) is 0 Å². The lowest BCUT2D eigenvalue weighted by Gasteiger charge is -2.20. The van der Waals surface area contributed by atoms with Crippen molar-refractivity contribution in [1.29, 1.82) is 0 Å². The first-order chi connectivity index (χ1) is 8.16. The van der Waals surface area contributed by atoms with Crippen molar-refractivity contribution in [3.05, 3.63) is 29.5 Å². The number of H-pyrrole nitrogens is 1. The largest absolute Gasteiger partial charge is 0.506 e.